The van der Waals surface area contributed by atoms with Crippen molar-refractivity contribution in [2.24, 2.45) is 0 Å². The molecule has 2 amide bonds. The SMILES string of the molecule is COc1ccc(C(=O)NNC(=O)c2cc3ccccc3cc2O)cc1. The molecule has 0 saturated carbocycles. The Hall–Kier alpha value is -3.54. The molecule has 0 aliphatic carbocycles. The van der Waals surface area contributed by atoms with Crippen LogP contribution in [0.1, 0.15) is 20.7 Å². The Bertz CT molecular complexity index is 936. The number of nitrogens with one attached hydrogen (secondary N) is 2. The number of aromatic hydroxyl groups is 1. The van der Waals surface area contributed by atoms with Gasteiger partial charge in [-0.15, -0.1) is 0 Å². The molecule has 126 valence electrons. The van der Waals surface area contributed by atoms with Gasteiger partial charge in [0.05, 0.1) is 12.7 Å². The van der Waals surface area contributed by atoms with E-state index in [4.69, 9.17) is 4.74 Å². The Balaban J connectivity index is 1.71. The number of benzene rings is 3. The Labute approximate surface area is 144 Å². The minimum Gasteiger partial charge on any atom is -0.507 e. The van der Waals surface area contributed by atoms with Crippen molar-refractivity contribution in [2.45, 2.75) is 0 Å². The third kappa shape index (κ3) is 3.53. The Kier molecular flexibility index (Phi) is 4.52. The number of carbonyl (C=O) groups excluding carboxylic acids is 2. The lowest BCUT2D eigenvalue weighted by molar-refractivity contribution is 0.0845. The van der Waals surface area contributed by atoms with Crippen LogP contribution in [0.25, 0.3) is 10.8 Å². The van der Waals surface area contributed by atoms with Gasteiger partial charge in [-0.1, -0.05) is 24.3 Å². The molecule has 6 heteroatoms. The van der Waals surface area contributed by atoms with Crippen molar-refractivity contribution in [3.63, 3.8) is 0 Å². The minimum atomic E-state index is -0.606. The summed E-state index contributed by atoms with van der Waals surface area (Å²) >= 11 is 0. The van der Waals surface area contributed by atoms with E-state index in [1.165, 1.54) is 13.2 Å². The van der Waals surface area contributed by atoms with Gasteiger partial charge in [-0.05, 0) is 47.2 Å². The van der Waals surface area contributed by atoms with Gasteiger partial charge in [-0.3, -0.25) is 20.4 Å². The number of phenols is 1. The van der Waals surface area contributed by atoms with Crippen LogP contribution in [0.5, 0.6) is 11.5 Å². The van der Waals surface area contributed by atoms with Crippen LogP contribution in [0.15, 0.2) is 60.7 Å². The highest BCUT2D eigenvalue weighted by Crippen LogP contribution is 2.24. The number of ether oxygens (including phenoxy) is 1. The van der Waals surface area contributed by atoms with E-state index in [2.05, 4.69) is 10.9 Å². The van der Waals surface area contributed by atoms with E-state index >= 15 is 0 Å². The molecule has 25 heavy (non-hydrogen) atoms. The molecule has 3 aromatic rings. The van der Waals surface area contributed by atoms with Crippen LogP contribution >= 0.6 is 0 Å². The third-order valence-corrected chi connectivity index (χ3v) is 3.75. The van der Waals surface area contributed by atoms with Crippen molar-refractivity contribution in [3.8, 4) is 11.5 Å². The topological polar surface area (TPSA) is 87.7 Å². The molecule has 3 N–H and O–H groups in total. The molecule has 0 saturated heterocycles. The fourth-order valence-corrected chi connectivity index (χ4v) is 2.41. The Morgan fingerprint density at radius 3 is 2.12 bits per heavy atom. The lowest BCUT2D eigenvalue weighted by atomic mass is 10.1. The van der Waals surface area contributed by atoms with E-state index in [1.807, 2.05) is 24.3 Å². The molecule has 0 heterocycles. The first-order valence-electron chi connectivity index (χ1n) is 7.55. The fourth-order valence-electron chi connectivity index (χ4n) is 2.41. The number of hydrazine groups is 1. The van der Waals surface area contributed by atoms with Crippen molar-refractivity contribution in [2.75, 3.05) is 7.11 Å². The largest absolute Gasteiger partial charge is 0.507 e. The molecule has 0 aliphatic heterocycles. The number of rotatable bonds is 3. The fraction of sp³-hybridized carbons (Fsp3) is 0.0526. The predicted molar refractivity (Wildman–Crippen MR) is 93.5 cm³/mol. The first-order chi connectivity index (χ1) is 12.1. The summed E-state index contributed by atoms with van der Waals surface area (Å²) in [4.78, 5) is 24.3. The number of fused-ring (bicyclic) bond motifs is 1. The van der Waals surface area contributed by atoms with Crippen molar-refractivity contribution < 1.29 is 19.4 Å². The highest BCUT2D eigenvalue weighted by molar-refractivity contribution is 6.03. The maximum absolute atomic E-state index is 12.2. The van der Waals surface area contributed by atoms with Gasteiger partial charge in [-0.2, -0.15) is 0 Å². The number of amides is 2. The average Bonchev–Trinajstić information content (AvgIpc) is 2.65. The zero-order valence-electron chi connectivity index (χ0n) is 13.4. The highest BCUT2D eigenvalue weighted by Gasteiger charge is 2.14. The summed E-state index contributed by atoms with van der Waals surface area (Å²) in [6.07, 6.45) is 0. The van der Waals surface area contributed by atoms with Crippen molar-refractivity contribution in [1.29, 1.82) is 0 Å². The van der Waals surface area contributed by atoms with Crippen LogP contribution in [0.3, 0.4) is 0 Å². The summed E-state index contributed by atoms with van der Waals surface area (Å²) in [5, 5.41) is 11.7. The van der Waals surface area contributed by atoms with Crippen molar-refractivity contribution >= 4 is 22.6 Å². The molecule has 0 aromatic heterocycles. The Morgan fingerprint density at radius 2 is 1.48 bits per heavy atom. The van der Waals surface area contributed by atoms with Gasteiger partial charge in [0, 0.05) is 5.56 Å². The van der Waals surface area contributed by atoms with Gasteiger partial charge >= 0.3 is 0 Å². The second-order valence-corrected chi connectivity index (χ2v) is 5.35. The van der Waals surface area contributed by atoms with Crippen LogP contribution in [-0.4, -0.2) is 24.0 Å². The van der Waals surface area contributed by atoms with E-state index < -0.39 is 11.8 Å². The number of phenolic OH excluding ortho intramolecular Hbond substituents is 1. The Morgan fingerprint density at radius 1 is 0.880 bits per heavy atom. The zero-order chi connectivity index (χ0) is 17.8. The molecule has 0 spiro atoms. The summed E-state index contributed by atoms with van der Waals surface area (Å²) in [6.45, 7) is 0. The van der Waals surface area contributed by atoms with Crippen LogP contribution in [-0.2, 0) is 0 Å². The molecule has 0 radical (unpaired) electrons. The maximum Gasteiger partial charge on any atom is 0.273 e. The van der Waals surface area contributed by atoms with Gasteiger partial charge in [0.25, 0.3) is 11.8 Å². The predicted octanol–water partition coefficient (Wildman–Crippen LogP) is 2.63. The summed E-state index contributed by atoms with van der Waals surface area (Å²) < 4.78 is 5.02. The number of methoxy groups -OCH3 is 1. The first-order valence-corrected chi connectivity index (χ1v) is 7.55. The molecule has 6 nitrogen and oxygen atoms in total. The van der Waals surface area contributed by atoms with Crippen molar-refractivity contribution in [3.05, 3.63) is 71.8 Å². The molecule has 0 unspecified atom stereocenters. The van der Waals surface area contributed by atoms with Gasteiger partial charge < -0.3 is 9.84 Å². The van der Waals surface area contributed by atoms with Gasteiger partial charge in [-0.25, -0.2) is 0 Å². The van der Waals surface area contributed by atoms with E-state index in [-0.39, 0.29) is 11.3 Å². The van der Waals surface area contributed by atoms with E-state index in [0.29, 0.717) is 11.3 Å². The van der Waals surface area contributed by atoms with Gasteiger partial charge in [0.15, 0.2) is 0 Å². The second kappa shape index (κ2) is 6.92. The maximum atomic E-state index is 12.2. The van der Waals surface area contributed by atoms with E-state index in [0.717, 1.165) is 10.8 Å². The lowest BCUT2D eigenvalue weighted by Gasteiger charge is -2.10. The standard InChI is InChI=1S/C19H16N2O4/c1-25-15-8-6-12(7-9-15)18(23)20-21-19(24)16-10-13-4-2-3-5-14(13)11-17(16)22/h2-11,22H,1H3,(H,20,23)(H,21,24). The van der Waals surface area contributed by atoms with E-state index in [9.17, 15) is 14.7 Å². The quantitative estimate of drug-likeness (QED) is 0.642. The first kappa shape index (κ1) is 16.3. The summed E-state index contributed by atoms with van der Waals surface area (Å²) in [5.74, 6) is -0.613. The minimum absolute atomic E-state index is 0.0775. The molecule has 0 fully saturated rings. The van der Waals surface area contributed by atoms with Gasteiger partial charge in [0.2, 0.25) is 0 Å². The van der Waals surface area contributed by atoms with Crippen molar-refractivity contribution in [1.82, 2.24) is 10.9 Å². The lowest BCUT2D eigenvalue weighted by Crippen LogP contribution is -2.41. The average molecular weight is 336 g/mol. The molecular formula is C19H16N2O4. The van der Waals surface area contributed by atoms with Crippen LogP contribution in [0.2, 0.25) is 0 Å². The zero-order valence-corrected chi connectivity index (χ0v) is 13.4. The highest BCUT2D eigenvalue weighted by atomic mass is 16.5. The molecule has 0 aliphatic rings. The molecule has 3 rings (SSSR count). The normalized spacial score (nSPS) is 10.3. The third-order valence-electron chi connectivity index (χ3n) is 3.75. The monoisotopic (exact) mass is 336 g/mol. The van der Waals surface area contributed by atoms with Crippen LogP contribution in [0, 0.1) is 0 Å². The molecule has 0 atom stereocenters. The van der Waals surface area contributed by atoms with E-state index in [1.54, 1.807) is 30.3 Å². The second-order valence-electron chi connectivity index (χ2n) is 5.35. The number of hydrogen-bond donors (Lipinski definition) is 3. The molecule has 0 bridgehead atoms. The summed E-state index contributed by atoms with van der Waals surface area (Å²) in [6, 6.07) is 16.9. The summed E-state index contributed by atoms with van der Waals surface area (Å²) in [5.41, 5.74) is 5.06. The number of hydrogen-bond acceptors (Lipinski definition) is 4. The van der Waals surface area contributed by atoms with Gasteiger partial charge in [0.1, 0.15) is 11.5 Å². The van der Waals surface area contributed by atoms with Crippen LogP contribution < -0.4 is 15.6 Å². The smallest absolute Gasteiger partial charge is 0.273 e. The van der Waals surface area contributed by atoms with Crippen LogP contribution in [0.4, 0.5) is 0 Å². The molecular weight excluding hydrogens is 320 g/mol. The molecule has 3 aromatic carbocycles. The number of carbonyl (C=O) groups is 2. The summed E-state index contributed by atoms with van der Waals surface area (Å²) in [7, 11) is 1.53.